The number of likely N-dealkylation sites (tertiary alicyclic amines) is 1. The van der Waals surface area contributed by atoms with Crippen LogP contribution in [-0.2, 0) is 0 Å². The normalized spacial score (nSPS) is 24.3. The molecular formula is C21H28F3N5O2. The first-order chi connectivity index (χ1) is 14.6. The standard InChI is InChI=1S/C21H28F3N5O2/c1-11(2)19-18(13(4)31-27-19)20(30)28-7-5-6-14(10-28)15-9-16(21(22,23)24)29-17(25-15)8-12(3)26-29/h8,11,14-16,25H,5-7,9-10H2,1-4H3/t14?,15-,16+/m0/s1. The first-order valence-corrected chi connectivity index (χ1v) is 10.7. The largest absolute Gasteiger partial charge is 0.410 e. The highest BCUT2D eigenvalue weighted by Gasteiger charge is 2.48. The summed E-state index contributed by atoms with van der Waals surface area (Å²) in [5, 5.41) is 11.3. The Bertz CT molecular complexity index is 965. The van der Waals surface area contributed by atoms with Crippen LogP contribution in [0, 0.1) is 19.8 Å². The van der Waals surface area contributed by atoms with E-state index in [0.29, 0.717) is 41.6 Å². The molecule has 1 saturated heterocycles. The number of hydrogen-bond acceptors (Lipinski definition) is 5. The Morgan fingerprint density at radius 3 is 2.74 bits per heavy atom. The second kappa shape index (κ2) is 7.87. The number of aryl methyl sites for hydroxylation is 2. The average molecular weight is 439 g/mol. The fraction of sp³-hybridized carbons (Fsp3) is 0.667. The maximum Gasteiger partial charge on any atom is 0.410 e. The maximum absolute atomic E-state index is 13.8. The fourth-order valence-electron chi connectivity index (χ4n) is 4.76. The molecule has 10 heteroatoms. The molecule has 0 bridgehead atoms. The number of fused-ring (bicyclic) bond motifs is 1. The highest BCUT2D eigenvalue weighted by atomic mass is 19.4. The molecule has 170 valence electrons. The summed E-state index contributed by atoms with van der Waals surface area (Å²) in [6.07, 6.45) is -2.99. The minimum Gasteiger partial charge on any atom is -0.367 e. The highest BCUT2D eigenvalue weighted by molar-refractivity contribution is 5.96. The SMILES string of the molecule is Cc1cc2n(n1)[C@@H](C(F)(F)F)C[C@@H](C1CCCN(C(=O)c3c(C(C)C)noc3C)C1)N2. The van der Waals surface area contributed by atoms with E-state index in [1.807, 2.05) is 13.8 Å². The number of halogens is 3. The second-order valence-corrected chi connectivity index (χ2v) is 8.97. The minimum atomic E-state index is -4.39. The lowest BCUT2D eigenvalue weighted by Crippen LogP contribution is -2.49. The number of piperidine rings is 1. The Kier molecular flexibility index (Phi) is 5.51. The third kappa shape index (κ3) is 4.04. The van der Waals surface area contributed by atoms with Gasteiger partial charge in [0.1, 0.15) is 17.1 Å². The van der Waals surface area contributed by atoms with Crippen molar-refractivity contribution < 1.29 is 22.5 Å². The third-order valence-electron chi connectivity index (χ3n) is 6.31. The Hall–Kier alpha value is -2.52. The van der Waals surface area contributed by atoms with Gasteiger partial charge in [-0.2, -0.15) is 18.3 Å². The maximum atomic E-state index is 13.8. The molecule has 1 amide bonds. The Balaban J connectivity index is 1.55. The van der Waals surface area contributed by atoms with Crippen molar-refractivity contribution in [2.45, 2.75) is 71.1 Å². The van der Waals surface area contributed by atoms with Gasteiger partial charge in [0.25, 0.3) is 5.91 Å². The molecule has 31 heavy (non-hydrogen) atoms. The van der Waals surface area contributed by atoms with Gasteiger partial charge in [-0.1, -0.05) is 19.0 Å². The summed E-state index contributed by atoms with van der Waals surface area (Å²) < 4.78 is 47.6. The minimum absolute atomic E-state index is 0.0352. The van der Waals surface area contributed by atoms with E-state index < -0.39 is 12.2 Å². The molecule has 4 rings (SSSR count). The first kappa shape index (κ1) is 21.7. The van der Waals surface area contributed by atoms with Crippen molar-refractivity contribution in [2.24, 2.45) is 5.92 Å². The van der Waals surface area contributed by atoms with Gasteiger partial charge in [0.15, 0.2) is 6.04 Å². The van der Waals surface area contributed by atoms with Crippen LogP contribution in [0.3, 0.4) is 0 Å². The van der Waals surface area contributed by atoms with Gasteiger partial charge in [0.2, 0.25) is 0 Å². The Morgan fingerprint density at radius 1 is 1.32 bits per heavy atom. The van der Waals surface area contributed by atoms with Crippen molar-refractivity contribution in [3.8, 4) is 0 Å². The summed E-state index contributed by atoms with van der Waals surface area (Å²) in [6.45, 7) is 8.26. The third-order valence-corrected chi connectivity index (χ3v) is 6.31. The quantitative estimate of drug-likeness (QED) is 0.765. The van der Waals surface area contributed by atoms with E-state index in [1.54, 1.807) is 24.8 Å². The van der Waals surface area contributed by atoms with E-state index in [2.05, 4.69) is 15.6 Å². The number of anilines is 1. The fourth-order valence-corrected chi connectivity index (χ4v) is 4.76. The summed E-state index contributed by atoms with van der Waals surface area (Å²) in [5.74, 6) is 0.651. The molecule has 1 unspecified atom stereocenters. The zero-order valence-corrected chi connectivity index (χ0v) is 18.2. The summed E-state index contributed by atoms with van der Waals surface area (Å²) in [4.78, 5) is 15.0. The van der Waals surface area contributed by atoms with Crippen molar-refractivity contribution in [3.63, 3.8) is 0 Å². The lowest BCUT2D eigenvalue weighted by molar-refractivity contribution is -0.174. The molecule has 0 spiro atoms. The van der Waals surface area contributed by atoms with Gasteiger partial charge in [0.05, 0.1) is 11.4 Å². The van der Waals surface area contributed by atoms with Crippen molar-refractivity contribution >= 4 is 11.7 Å². The van der Waals surface area contributed by atoms with Crippen LogP contribution >= 0.6 is 0 Å². The van der Waals surface area contributed by atoms with Crippen LogP contribution in [0.5, 0.6) is 0 Å². The zero-order chi connectivity index (χ0) is 22.5. The van der Waals surface area contributed by atoms with Gasteiger partial charge in [-0.25, -0.2) is 4.68 Å². The molecule has 2 aliphatic heterocycles. The van der Waals surface area contributed by atoms with E-state index in [9.17, 15) is 18.0 Å². The number of nitrogens with zero attached hydrogens (tertiary/aromatic N) is 4. The molecule has 1 fully saturated rings. The van der Waals surface area contributed by atoms with Crippen LogP contribution in [0.25, 0.3) is 0 Å². The van der Waals surface area contributed by atoms with Gasteiger partial charge < -0.3 is 14.7 Å². The van der Waals surface area contributed by atoms with Crippen LogP contribution in [0.4, 0.5) is 19.0 Å². The van der Waals surface area contributed by atoms with E-state index >= 15 is 0 Å². The molecule has 1 N–H and O–H groups in total. The van der Waals surface area contributed by atoms with Gasteiger partial charge in [-0.15, -0.1) is 0 Å². The average Bonchev–Trinajstić information content (AvgIpc) is 3.27. The molecule has 0 saturated carbocycles. The molecule has 2 aliphatic rings. The lowest BCUT2D eigenvalue weighted by Gasteiger charge is -2.41. The summed E-state index contributed by atoms with van der Waals surface area (Å²) in [6, 6.07) is -0.410. The van der Waals surface area contributed by atoms with Gasteiger partial charge >= 0.3 is 6.18 Å². The smallest absolute Gasteiger partial charge is 0.367 e. The van der Waals surface area contributed by atoms with Crippen molar-refractivity contribution in [2.75, 3.05) is 18.4 Å². The van der Waals surface area contributed by atoms with Gasteiger partial charge in [0, 0.05) is 25.2 Å². The highest BCUT2D eigenvalue weighted by Crippen LogP contribution is 2.42. The zero-order valence-electron chi connectivity index (χ0n) is 18.2. The van der Waals surface area contributed by atoms with Crippen LogP contribution < -0.4 is 5.32 Å². The topological polar surface area (TPSA) is 76.2 Å². The number of carbonyl (C=O) groups is 1. The van der Waals surface area contributed by atoms with Crippen molar-refractivity contribution in [3.05, 3.63) is 28.8 Å². The van der Waals surface area contributed by atoms with Crippen LogP contribution in [0.15, 0.2) is 10.6 Å². The summed E-state index contributed by atoms with van der Waals surface area (Å²) in [7, 11) is 0. The van der Waals surface area contributed by atoms with E-state index in [0.717, 1.165) is 17.5 Å². The van der Waals surface area contributed by atoms with Gasteiger partial charge in [-0.3, -0.25) is 4.79 Å². The second-order valence-electron chi connectivity index (χ2n) is 8.97. The van der Waals surface area contributed by atoms with Crippen molar-refractivity contribution in [1.82, 2.24) is 19.8 Å². The predicted molar refractivity (Wildman–Crippen MR) is 108 cm³/mol. The molecule has 4 heterocycles. The number of amides is 1. The summed E-state index contributed by atoms with van der Waals surface area (Å²) in [5.41, 5.74) is 1.65. The molecule has 7 nitrogen and oxygen atoms in total. The monoisotopic (exact) mass is 439 g/mol. The molecule has 0 aliphatic carbocycles. The van der Waals surface area contributed by atoms with Gasteiger partial charge in [-0.05, 0) is 44.9 Å². The molecular weight excluding hydrogens is 411 g/mol. The lowest BCUT2D eigenvalue weighted by atomic mass is 9.85. The van der Waals surface area contributed by atoms with Crippen LogP contribution in [0.1, 0.15) is 72.6 Å². The van der Waals surface area contributed by atoms with E-state index in [-0.39, 0.29) is 30.2 Å². The first-order valence-electron chi connectivity index (χ1n) is 10.7. The number of nitrogens with one attached hydrogen (secondary N) is 1. The molecule has 0 aromatic carbocycles. The molecule has 0 radical (unpaired) electrons. The van der Waals surface area contributed by atoms with E-state index in [1.165, 1.54) is 0 Å². The molecule has 2 aromatic heterocycles. The Labute approximate surface area is 178 Å². The number of carbonyl (C=O) groups excluding carboxylic acids is 1. The number of hydrogen-bond donors (Lipinski definition) is 1. The molecule has 3 atom stereocenters. The predicted octanol–water partition coefficient (Wildman–Crippen LogP) is 4.45. The van der Waals surface area contributed by atoms with Crippen LogP contribution in [0.2, 0.25) is 0 Å². The molecule has 2 aromatic rings. The van der Waals surface area contributed by atoms with E-state index in [4.69, 9.17) is 4.52 Å². The number of alkyl halides is 3. The number of aromatic nitrogens is 3. The Morgan fingerprint density at radius 2 is 2.06 bits per heavy atom. The van der Waals surface area contributed by atoms with Crippen LogP contribution in [-0.4, -0.2) is 51.1 Å². The van der Waals surface area contributed by atoms with Crippen molar-refractivity contribution in [1.29, 1.82) is 0 Å². The summed E-state index contributed by atoms with van der Waals surface area (Å²) >= 11 is 0. The number of rotatable bonds is 3.